The summed E-state index contributed by atoms with van der Waals surface area (Å²) in [5, 5.41) is 0. The zero-order valence-corrected chi connectivity index (χ0v) is 18.8. The Morgan fingerprint density at radius 3 is 2.38 bits per heavy atom. The van der Waals surface area contributed by atoms with E-state index in [1.165, 1.54) is 15.4 Å². The normalized spacial score (nSPS) is 21.8. The van der Waals surface area contributed by atoms with E-state index in [0.717, 1.165) is 24.9 Å². The molecule has 2 fully saturated rings. The van der Waals surface area contributed by atoms with Crippen molar-refractivity contribution in [2.45, 2.75) is 30.6 Å². The zero-order valence-electron chi connectivity index (χ0n) is 17.9. The molecule has 0 N–H and O–H groups in total. The number of rotatable bonds is 4. The predicted molar refractivity (Wildman–Crippen MR) is 121 cm³/mol. The fourth-order valence-corrected chi connectivity index (χ4v) is 6.44. The average molecular weight is 454 g/mol. The molecule has 2 amide bonds. The van der Waals surface area contributed by atoms with Crippen molar-refractivity contribution in [1.82, 2.24) is 9.21 Å². The lowest BCUT2D eigenvalue weighted by Gasteiger charge is -2.35. The number of hydrogen-bond acceptors (Lipinski definition) is 4. The molecule has 1 unspecified atom stereocenters. The Morgan fingerprint density at radius 1 is 0.906 bits per heavy atom. The fourth-order valence-electron chi connectivity index (χ4n) is 5.00. The third-order valence-corrected chi connectivity index (χ3v) is 8.71. The van der Waals surface area contributed by atoms with Crippen LogP contribution >= 0.6 is 0 Å². The number of nitrogens with zero attached hydrogens (tertiary/aromatic N) is 3. The lowest BCUT2D eigenvalue weighted by Crippen LogP contribution is -2.52. The summed E-state index contributed by atoms with van der Waals surface area (Å²) >= 11 is 0. The standard InChI is InChI=1S/C24H27N3O4S/c28-23-16-20(17-27(23)21-10-9-18-5-4-6-19(18)15-21)24(29)25-11-13-26(14-12-25)32(30,31)22-7-2-1-3-8-22/h1-3,7-10,15,20H,4-6,11-14,16-17H2. The number of carbonyl (C=O) groups is 2. The van der Waals surface area contributed by atoms with Crippen LogP contribution in [0.4, 0.5) is 5.69 Å². The molecule has 8 heteroatoms. The van der Waals surface area contributed by atoms with Gasteiger partial charge < -0.3 is 9.80 Å². The quantitative estimate of drug-likeness (QED) is 0.710. The molecule has 0 radical (unpaired) electrons. The van der Waals surface area contributed by atoms with Crippen LogP contribution in [0, 0.1) is 5.92 Å². The first kappa shape index (κ1) is 21.2. The second kappa shape index (κ2) is 8.33. The largest absolute Gasteiger partial charge is 0.340 e. The van der Waals surface area contributed by atoms with Gasteiger partial charge in [0.05, 0.1) is 10.8 Å². The summed E-state index contributed by atoms with van der Waals surface area (Å²) in [6, 6.07) is 14.6. The maximum atomic E-state index is 13.1. The van der Waals surface area contributed by atoms with Crippen LogP contribution in [-0.4, -0.2) is 62.2 Å². The van der Waals surface area contributed by atoms with Crippen molar-refractivity contribution in [2.75, 3.05) is 37.6 Å². The lowest BCUT2D eigenvalue weighted by atomic mass is 10.1. The molecule has 3 aliphatic rings. The summed E-state index contributed by atoms with van der Waals surface area (Å²) in [7, 11) is -3.56. The van der Waals surface area contributed by atoms with E-state index in [2.05, 4.69) is 12.1 Å². The molecule has 32 heavy (non-hydrogen) atoms. The van der Waals surface area contributed by atoms with E-state index in [1.54, 1.807) is 40.1 Å². The predicted octanol–water partition coefficient (Wildman–Crippen LogP) is 2.06. The van der Waals surface area contributed by atoms with Crippen LogP contribution in [0.25, 0.3) is 0 Å². The summed E-state index contributed by atoms with van der Waals surface area (Å²) in [5.74, 6) is -0.460. The monoisotopic (exact) mass is 453 g/mol. The minimum atomic E-state index is -3.56. The van der Waals surface area contributed by atoms with Gasteiger partial charge in [-0.15, -0.1) is 0 Å². The SMILES string of the molecule is O=C(C1CC(=O)N(c2ccc3c(c2)CCC3)C1)N1CCN(S(=O)(=O)c2ccccc2)CC1. The summed E-state index contributed by atoms with van der Waals surface area (Å²) < 4.78 is 27.1. The van der Waals surface area contributed by atoms with Crippen molar-refractivity contribution in [1.29, 1.82) is 0 Å². The van der Waals surface area contributed by atoms with Gasteiger partial charge in [-0.1, -0.05) is 24.3 Å². The first-order valence-corrected chi connectivity index (χ1v) is 12.6. The van der Waals surface area contributed by atoms with Gasteiger partial charge in [0.25, 0.3) is 0 Å². The first-order valence-electron chi connectivity index (χ1n) is 11.2. The summed E-state index contributed by atoms with van der Waals surface area (Å²) in [5.41, 5.74) is 3.54. The van der Waals surface area contributed by atoms with Crippen molar-refractivity contribution in [3.8, 4) is 0 Å². The molecule has 0 saturated carbocycles. The van der Waals surface area contributed by atoms with Crippen LogP contribution in [0.5, 0.6) is 0 Å². The molecule has 1 atom stereocenters. The molecule has 168 valence electrons. The molecule has 2 aromatic carbocycles. The highest BCUT2D eigenvalue weighted by molar-refractivity contribution is 7.89. The van der Waals surface area contributed by atoms with Crippen LogP contribution in [0.3, 0.4) is 0 Å². The minimum Gasteiger partial charge on any atom is -0.340 e. The molecule has 0 spiro atoms. The van der Waals surface area contributed by atoms with E-state index >= 15 is 0 Å². The Morgan fingerprint density at radius 2 is 1.62 bits per heavy atom. The minimum absolute atomic E-state index is 0.0217. The molecule has 2 aromatic rings. The molecule has 1 aliphatic carbocycles. The van der Waals surface area contributed by atoms with Crippen LogP contribution < -0.4 is 4.90 Å². The van der Waals surface area contributed by atoms with E-state index in [1.807, 2.05) is 6.07 Å². The second-order valence-electron chi connectivity index (χ2n) is 8.75. The molecular formula is C24H27N3O4S. The topological polar surface area (TPSA) is 78.0 Å². The second-order valence-corrected chi connectivity index (χ2v) is 10.7. The van der Waals surface area contributed by atoms with Gasteiger partial charge in [0.1, 0.15) is 0 Å². The highest BCUT2D eigenvalue weighted by Gasteiger charge is 2.39. The third kappa shape index (κ3) is 3.82. The Labute approximate surface area is 188 Å². The molecule has 0 aromatic heterocycles. The Kier molecular flexibility index (Phi) is 5.51. The summed E-state index contributed by atoms with van der Waals surface area (Å²) in [6.45, 7) is 1.60. The molecule has 0 bridgehead atoms. The first-order chi connectivity index (χ1) is 15.4. The van der Waals surface area contributed by atoms with Crippen LogP contribution in [0.1, 0.15) is 24.0 Å². The lowest BCUT2D eigenvalue weighted by molar-refractivity contribution is -0.136. The van der Waals surface area contributed by atoms with Crippen molar-refractivity contribution >= 4 is 27.5 Å². The highest BCUT2D eigenvalue weighted by atomic mass is 32.2. The molecule has 2 saturated heterocycles. The van der Waals surface area contributed by atoms with Gasteiger partial charge in [0.2, 0.25) is 21.8 Å². The number of hydrogen-bond donors (Lipinski definition) is 0. The van der Waals surface area contributed by atoms with E-state index in [4.69, 9.17) is 0 Å². The van der Waals surface area contributed by atoms with E-state index in [0.29, 0.717) is 19.6 Å². The molecular weight excluding hydrogens is 426 g/mol. The molecule has 2 aliphatic heterocycles. The highest BCUT2D eigenvalue weighted by Crippen LogP contribution is 2.31. The number of amides is 2. The third-order valence-electron chi connectivity index (χ3n) is 6.80. The number of sulfonamides is 1. The van der Waals surface area contributed by atoms with Crippen molar-refractivity contribution in [3.05, 3.63) is 59.7 Å². The van der Waals surface area contributed by atoms with Gasteiger partial charge in [-0.05, 0) is 54.7 Å². The number of carbonyl (C=O) groups excluding carboxylic acids is 2. The van der Waals surface area contributed by atoms with E-state index in [9.17, 15) is 18.0 Å². The van der Waals surface area contributed by atoms with Crippen LogP contribution in [0.15, 0.2) is 53.4 Å². The van der Waals surface area contributed by atoms with Gasteiger partial charge in [0, 0.05) is 44.8 Å². The van der Waals surface area contributed by atoms with Crippen molar-refractivity contribution < 1.29 is 18.0 Å². The van der Waals surface area contributed by atoms with Gasteiger partial charge in [0.15, 0.2) is 0 Å². The maximum absolute atomic E-state index is 13.1. The number of anilines is 1. The van der Waals surface area contributed by atoms with Gasteiger partial charge in [-0.3, -0.25) is 9.59 Å². The fraction of sp³-hybridized carbons (Fsp3) is 0.417. The Bertz CT molecular complexity index is 1140. The van der Waals surface area contributed by atoms with E-state index < -0.39 is 10.0 Å². The molecule has 7 nitrogen and oxygen atoms in total. The van der Waals surface area contributed by atoms with Gasteiger partial charge >= 0.3 is 0 Å². The summed E-state index contributed by atoms with van der Waals surface area (Å²) in [6.07, 6.45) is 3.50. The number of aryl methyl sites for hydroxylation is 2. The number of piperazine rings is 1. The molecule has 2 heterocycles. The van der Waals surface area contributed by atoms with Gasteiger partial charge in [-0.2, -0.15) is 4.31 Å². The Balaban J connectivity index is 1.22. The number of fused-ring (bicyclic) bond motifs is 1. The van der Waals surface area contributed by atoms with Crippen LogP contribution in [0.2, 0.25) is 0 Å². The van der Waals surface area contributed by atoms with Crippen LogP contribution in [-0.2, 0) is 32.5 Å². The van der Waals surface area contributed by atoms with E-state index in [-0.39, 0.29) is 42.1 Å². The average Bonchev–Trinajstić information content (AvgIpc) is 3.45. The Hall–Kier alpha value is -2.71. The van der Waals surface area contributed by atoms with Crippen molar-refractivity contribution in [2.24, 2.45) is 5.92 Å². The molecule has 5 rings (SSSR count). The maximum Gasteiger partial charge on any atom is 0.243 e. The zero-order chi connectivity index (χ0) is 22.3. The number of benzene rings is 2. The van der Waals surface area contributed by atoms with Gasteiger partial charge in [-0.25, -0.2) is 8.42 Å². The summed E-state index contributed by atoms with van der Waals surface area (Å²) in [4.78, 5) is 29.5. The smallest absolute Gasteiger partial charge is 0.243 e. The van der Waals surface area contributed by atoms with Crippen molar-refractivity contribution in [3.63, 3.8) is 0 Å².